The molecule has 0 radical (unpaired) electrons. The van der Waals surface area contributed by atoms with Crippen LogP contribution in [-0.4, -0.2) is 26.1 Å². The van der Waals surface area contributed by atoms with Crippen LogP contribution >= 0.6 is 11.6 Å². The first-order chi connectivity index (χ1) is 11.6. The summed E-state index contributed by atoms with van der Waals surface area (Å²) in [5.74, 6) is -0.611. The van der Waals surface area contributed by atoms with Gasteiger partial charge in [-0.05, 0) is 45.8 Å². The second-order valence-electron chi connectivity index (χ2n) is 5.12. The highest BCUT2D eigenvalue weighted by Crippen LogP contribution is 2.16. The molecule has 0 atom stereocenters. The van der Waals surface area contributed by atoms with Gasteiger partial charge in [-0.25, -0.2) is 9.07 Å². The molecule has 0 unspecified atom stereocenters. The van der Waals surface area contributed by atoms with Gasteiger partial charge < -0.3 is 5.32 Å². The molecule has 0 bridgehead atoms. The van der Waals surface area contributed by atoms with Crippen molar-refractivity contribution in [3.63, 3.8) is 0 Å². The van der Waals surface area contributed by atoms with E-state index >= 15 is 0 Å². The molecular formula is C16H13ClFN5O. The first kappa shape index (κ1) is 16.1. The molecule has 1 heterocycles. The standard InChI is InChI=1S/C16H13ClFN5O/c17-14-7-12(3-6-15(14)18)9-19-16(24)8-11-1-4-13(5-2-11)23-10-20-21-22-23/h1-7,10H,8-9H2,(H,19,24). The molecule has 1 amide bonds. The fourth-order valence-corrected chi connectivity index (χ4v) is 2.35. The van der Waals surface area contributed by atoms with Crippen LogP contribution in [0.3, 0.4) is 0 Å². The average molecular weight is 346 g/mol. The van der Waals surface area contributed by atoms with E-state index in [0.717, 1.165) is 16.8 Å². The summed E-state index contributed by atoms with van der Waals surface area (Å²) in [6, 6.07) is 11.7. The molecule has 2 aromatic carbocycles. The van der Waals surface area contributed by atoms with Crippen molar-refractivity contribution < 1.29 is 9.18 Å². The predicted molar refractivity (Wildman–Crippen MR) is 86.1 cm³/mol. The van der Waals surface area contributed by atoms with Crippen molar-refractivity contribution in [3.8, 4) is 5.69 Å². The van der Waals surface area contributed by atoms with Crippen LogP contribution in [0.5, 0.6) is 0 Å². The van der Waals surface area contributed by atoms with E-state index in [2.05, 4.69) is 20.8 Å². The molecule has 0 fully saturated rings. The molecule has 0 aliphatic carbocycles. The van der Waals surface area contributed by atoms with Crippen LogP contribution in [-0.2, 0) is 17.8 Å². The number of halogens is 2. The van der Waals surface area contributed by atoms with Crippen LogP contribution in [0.2, 0.25) is 5.02 Å². The molecule has 1 N–H and O–H groups in total. The molecule has 3 rings (SSSR count). The molecule has 0 aliphatic heterocycles. The summed E-state index contributed by atoms with van der Waals surface area (Å²) in [5, 5.41) is 13.8. The van der Waals surface area contributed by atoms with Gasteiger partial charge in [-0.3, -0.25) is 4.79 Å². The van der Waals surface area contributed by atoms with Crippen molar-refractivity contribution in [2.45, 2.75) is 13.0 Å². The number of benzene rings is 2. The highest BCUT2D eigenvalue weighted by molar-refractivity contribution is 6.30. The monoisotopic (exact) mass is 345 g/mol. The van der Waals surface area contributed by atoms with Crippen LogP contribution < -0.4 is 5.32 Å². The number of tetrazole rings is 1. The molecule has 8 heteroatoms. The van der Waals surface area contributed by atoms with Crippen molar-refractivity contribution >= 4 is 17.5 Å². The molecule has 0 saturated carbocycles. The minimum Gasteiger partial charge on any atom is -0.352 e. The maximum atomic E-state index is 13.1. The Morgan fingerprint density at radius 2 is 1.92 bits per heavy atom. The molecule has 6 nitrogen and oxygen atoms in total. The molecule has 0 spiro atoms. The lowest BCUT2D eigenvalue weighted by Gasteiger charge is -2.07. The number of aromatic nitrogens is 4. The minimum absolute atomic E-state index is 0.0416. The largest absolute Gasteiger partial charge is 0.352 e. The summed E-state index contributed by atoms with van der Waals surface area (Å²) < 4.78 is 14.6. The molecule has 0 saturated heterocycles. The van der Waals surface area contributed by atoms with Gasteiger partial charge in [0, 0.05) is 6.54 Å². The number of rotatable bonds is 5. The number of hydrogen-bond donors (Lipinski definition) is 1. The molecule has 122 valence electrons. The van der Waals surface area contributed by atoms with E-state index in [4.69, 9.17) is 11.6 Å². The Hall–Kier alpha value is -2.80. The van der Waals surface area contributed by atoms with E-state index in [-0.39, 0.29) is 17.4 Å². The number of nitrogens with zero attached hydrogens (tertiary/aromatic N) is 4. The van der Waals surface area contributed by atoms with Gasteiger partial charge in [-0.15, -0.1) is 5.10 Å². The van der Waals surface area contributed by atoms with Gasteiger partial charge in [0.25, 0.3) is 0 Å². The third kappa shape index (κ3) is 3.94. The van der Waals surface area contributed by atoms with Gasteiger partial charge >= 0.3 is 0 Å². The molecule has 1 aromatic heterocycles. The van der Waals surface area contributed by atoms with E-state index in [1.165, 1.54) is 23.1 Å². The Morgan fingerprint density at radius 3 is 2.58 bits per heavy atom. The van der Waals surface area contributed by atoms with Crippen LogP contribution in [0.1, 0.15) is 11.1 Å². The van der Waals surface area contributed by atoms with Crippen molar-refractivity contribution in [3.05, 3.63) is 70.8 Å². The summed E-state index contributed by atoms with van der Waals surface area (Å²) in [6.45, 7) is 0.293. The average Bonchev–Trinajstić information content (AvgIpc) is 3.11. The Bertz CT molecular complexity index is 836. The number of nitrogens with one attached hydrogen (secondary N) is 1. The zero-order chi connectivity index (χ0) is 16.9. The predicted octanol–water partition coefficient (Wildman–Crippen LogP) is 2.31. The third-order valence-electron chi connectivity index (χ3n) is 3.39. The zero-order valence-corrected chi connectivity index (χ0v) is 13.2. The van der Waals surface area contributed by atoms with E-state index in [1.807, 2.05) is 24.3 Å². The van der Waals surface area contributed by atoms with Gasteiger partial charge in [0.2, 0.25) is 5.91 Å². The Kier molecular flexibility index (Phi) is 4.81. The quantitative estimate of drug-likeness (QED) is 0.770. The van der Waals surface area contributed by atoms with Crippen molar-refractivity contribution in [2.24, 2.45) is 0 Å². The van der Waals surface area contributed by atoms with Gasteiger partial charge in [0.1, 0.15) is 12.1 Å². The third-order valence-corrected chi connectivity index (χ3v) is 3.68. The second kappa shape index (κ2) is 7.18. The second-order valence-corrected chi connectivity index (χ2v) is 5.53. The van der Waals surface area contributed by atoms with E-state index in [1.54, 1.807) is 6.07 Å². The zero-order valence-electron chi connectivity index (χ0n) is 12.5. The maximum Gasteiger partial charge on any atom is 0.224 e. The lowest BCUT2D eigenvalue weighted by Crippen LogP contribution is -2.24. The van der Waals surface area contributed by atoms with E-state index in [9.17, 15) is 9.18 Å². The maximum absolute atomic E-state index is 13.1. The summed E-state index contributed by atoms with van der Waals surface area (Å²) in [7, 11) is 0. The lowest BCUT2D eigenvalue weighted by molar-refractivity contribution is -0.120. The van der Waals surface area contributed by atoms with E-state index in [0.29, 0.717) is 6.54 Å². The fraction of sp³-hybridized carbons (Fsp3) is 0.125. The Labute approximate surface area is 142 Å². The summed E-state index contributed by atoms with van der Waals surface area (Å²) >= 11 is 5.71. The number of carbonyl (C=O) groups excluding carboxylic acids is 1. The normalized spacial score (nSPS) is 10.6. The lowest BCUT2D eigenvalue weighted by atomic mass is 10.1. The Balaban J connectivity index is 1.55. The molecule has 3 aromatic rings. The number of hydrogen-bond acceptors (Lipinski definition) is 4. The highest BCUT2D eigenvalue weighted by atomic mass is 35.5. The summed E-state index contributed by atoms with van der Waals surface area (Å²) in [5.41, 5.74) is 2.41. The Morgan fingerprint density at radius 1 is 1.17 bits per heavy atom. The van der Waals surface area contributed by atoms with Crippen molar-refractivity contribution in [1.82, 2.24) is 25.5 Å². The van der Waals surface area contributed by atoms with Gasteiger partial charge in [-0.1, -0.05) is 29.8 Å². The SMILES string of the molecule is O=C(Cc1ccc(-n2cnnn2)cc1)NCc1ccc(F)c(Cl)c1. The van der Waals surface area contributed by atoms with Crippen molar-refractivity contribution in [2.75, 3.05) is 0 Å². The smallest absolute Gasteiger partial charge is 0.224 e. The van der Waals surface area contributed by atoms with Crippen LogP contribution in [0, 0.1) is 5.82 Å². The molecular weight excluding hydrogens is 333 g/mol. The fourth-order valence-electron chi connectivity index (χ4n) is 2.14. The van der Waals surface area contributed by atoms with Gasteiger partial charge in [0.05, 0.1) is 17.1 Å². The topological polar surface area (TPSA) is 72.7 Å². The van der Waals surface area contributed by atoms with E-state index < -0.39 is 5.82 Å². The summed E-state index contributed by atoms with van der Waals surface area (Å²) in [4.78, 5) is 12.0. The number of carbonyl (C=O) groups is 1. The first-order valence-electron chi connectivity index (χ1n) is 7.15. The van der Waals surface area contributed by atoms with Crippen LogP contribution in [0.25, 0.3) is 5.69 Å². The van der Waals surface area contributed by atoms with Gasteiger partial charge in [0.15, 0.2) is 0 Å². The first-order valence-corrected chi connectivity index (χ1v) is 7.52. The molecule has 0 aliphatic rings. The molecule has 24 heavy (non-hydrogen) atoms. The minimum atomic E-state index is -0.477. The van der Waals surface area contributed by atoms with Crippen LogP contribution in [0.4, 0.5) is 4.39 Å². The van der Waals surface area contributed by atoms with Gasteiger partial charge in [-0.2, -0.15) is 0 Å². The number of amides is 1. The van der Waals surface area contributed by atoms with Crippen molar-refractivity contribution in [1.29, 1.82) is 0 Å². The summed E-state index contributed by atoms with van der Waals surface area (Å²) in [6.07, 6.45) is 1.74. The highest BCUT2D eigenvalue weighted by Gasteiger charge is 2.06. The van der Waals surface area contributed by atoms with Crippen LogP contribution in [0.15, 0.2) is 48.8 Å².